The quantitative estimate of drug-likeness (QED) is 0.268. The Morgan fingerprint density at radius 3 is 1.72 bits per heavy atom. The van der Waals surface area contributed by atoms with Gasteiger partial charge < -0.3 is 5.11 Å². The van der Waals surface area contributed by atoms with Crippen molar-refractivity contribution in [2.75, 3.05) is 0 Å². The van der Waals surface area contributed by atoms with Crippen LogP contribution >= 0.6 is 0 Å². The van der Waals surface area contributed by atoms with Gasteiger partial charge in [0.25, 0.3) is 0 Å². The summed E-state index contributed by atoms with van der Waals surface area (Å²) < 4.78 is 2.19. The van der Waals surface area contributed by atoms with E-state index in [1.165, 1.54) is 22.3 Å². The number of rotatable bonds is 6. The highest BCUT2D eigenvalue weighted by Crippen LogP contribution is 2.40. The monoisotopic (exact) mass is 472 g/mol. The van der Waals surface area contributed by atoms with Crippen LogP contribution in [0.5, 0.6) is 5.75 Å². The maximum absolute atomic E-state index is 10.8. The molecule has 0 aliphatic heterocycles. The summed E-state index contributed by atoms with van der Waals surface area (Å²) in [5, 5.41) is 10.8. The molecule has 1 heterocycles. The van der Waals surface area contributed by atoms with Gasteiger partial charge in [-0.05, 0) is 58.4 Å². The van der Waals surface area contributed by atoms with Crippen LogP contribution in [0.4, 0.5) is 0 Å². The maximum atomic E-state index is 10.8. The highest BCUT2D eigenvalue weighted by Gasteiger charge is 2.23. The van der Waals surface area contributed by atoms with Gasteiger partial charge in [-0.3, -0.25) is 4.57 Å². The van der Waals surface area contributed by atoms with E-state index in [0.29, 0.717) is 11.8 Å². The Bertz CT molecular complexity index is 1450. The summed E-state index contributed by atoms with van der Waals surface area (Å²) in [6.45, 7) is 8.97. The van der Waals surface area contributed by atoms with Crippen LogP contribution in [-0.2, 0) is 0 Å². The largest absolute Gasteiger partial charge is 0.507 e. The zero-order valence-corrected chi connectivity index (χ0v) is 21.3. The topological polar surface area (TPSA) is 38.0 Å². The van der Waals surface area contributed by atoms with Gasteiger partial charge in [0.1, 0.15) is 11.6 Å². The maximum Gasteiger partial charge on any atom is 0.148 e. The molecule has 36 heavy (non-hydrogen) atoms. The number of hydrogen-bond acceptors (Lipinski definition) is 2. The van der Waals surface area contributed by atoms with Gasteiger partial charge >= 0.3 is 0 Å². The molecule has 0 radical (unpaired) electrons. The van der Waals surface area contributed by atoms with Crippen LogP contribution in [0.1, 0.15) is 50.7 Å². The van der Waals surface area contributed by atoms with Crippen molar-refractivity contribution < 1.29 is 5.11 Å². The lowest BCUT2D eigenvalue weighted by Gasteiger charge is -2.24. The number of benzene rings is 4. The van der Waals surface area contributed by atoms with Crippen molar-refractivity contribution >= 4 is 0 Å². The number of aromatic hydroxyl groups is 1. The highest BCUT2D eigenvalue weighted by atomic mass is 16.3. The van der Waals surface area contributed by atoms with E-state index in [2.05, 4.69) is 93.1 Å². The summed E-state index contributed by atoms with van der Waals surface area (Å²) >= 11 is 0. The highest BCUT2D eigenvalue weighted by molar-refractivity contribution is 5.75. The van der Waals surface area contributed by atoms with E-state index in [1.807, 2.05) is 36.4 Å². The molecular weight excluding hydrogens is 440 g/mol. The lowest BCUT2D eigenvalue weighted by atomic mass is 9.88. The average Bonchev–Trinajstić information content (AvgIpc) is 3.34. The van der Waals surface area contributed by atoms with Crippen molar-refractivity contribution in [2.24, 2.45) is 0 Å². The molecule has 0 aliphatic rings. The molecule has 5 aromatic rings. The van der Waals surface area contributed by atoms with E-state index in [4.69, 9.17) is 4.98 Å². The summed E-state index contributed by atoms with van der Waals surface area (Å²) in [6, 6.07) is 32.9. The van der Waals surface area contributed by atoms with Crippen molar-refractivity contribution in [3.05, 3.63) is 114 Å². The van der Waals surface area contributed by atoms with Crippen molar-refractivity contribution in [1.29, 1.82) is 0 Å². The standard InChI is InChI=1S/C33H32N2O/c1-22(2)28-19-26(24-13-7-5-8-14-24)20-29(23(3)4)32(28)35-21-30(25-15-9-6-10-16-25)34-33(35)27-17-11-12-18-31(27)36/h5-23,36H,1-4H3. The van der Waals surface area contributed by atoms with Crippen LogP contribution in [0.25, 0.3) is 39.5 Å². The minimum atomic E-state index is 0.224. The van der Waals surface area contributed by atoms with Gasteiger partial charge in [0.05, 0.1) is 16.9 Å². The van der Waals surface area contributed by atoms with Crippen molar-refractivity contribution in [3.63, 3.8) is 0 Å². The van der Waals surface area contributed by atoms with E-state index >= 15 is 0 Å². The Morgan fingerprint density at radius 2 is 1.17 bits per heavy atom. The lowest BCUT2D eigenvalue weighted by Crippen LogP contribution is -2.08. The van der Waals surface area contributed by atoms with Crippen LogP contribution in [0, 0.1) is 0 Å². The Morgan fingerprint density at radius 1 is 0.639 bits per heavy atom. The second-order valence-corrected chi connectivity index (χ2v) is 9.88. The third kappa shape index (κ3) is 4.45. The number of hydrogen-bond donors (Lipinski definition) is 1. The van der Waals surface area contributed by atoms with Crippen LogP contribution in [0.15, 0.2) is 103 Å². The van der Waals surface area contributed by atoms with E-state index in [1.54, 1.807) is 6.07 Å². The van der Waals surface area contributed by atoms with Gasteiger partial charge in [0.2, 0.25) is 0 Å². The Balaban J connectivity index is 1.83. The van der Waals surface area contributed by atoms with Gasteiger partial charge in [-0.15, -0.1) is 0 Å². The Kier molecular flexibility index (Phi) is 6.47. The average molecular weight is 473 g/mol. The molecule has 0 fully saturated rings. The first-order chi connectivity index (χ1) is 17.4. The molecule has 0 aliphatic carbocycles. The first-order valence-electron chi connectivity index (χ1n) is 12.6. The molecule has 1 aromatic heterocycles. The molecule has 1 N–H and O–H groups in total. The molecule has 3 heteroatoms. The number of nitrogens with zero attached hydrogens (tertiary/aromatic N) is 2. The zero-order chi connectivity index (χ0) is 25.2. The van der Waals surface area contributed by atoms with Gasteiger partial charge in [0, 0.05) is 11.8 Å². The number of phenols is 1. The van der Waals surface area contributed by atoms with Gasteiger partial charge in [-0.25, -0.2) is 4.98 Å². The smallest absolute Gasteiger partial charge is 0.148 e. The summed E-state index contributed by atoms with van der Waals surface area (Å²) in [4.78, 5) is 5.07. The van der Waals surface area contributed by atoms with Crippen LogP contribution in [0.2, 0.25) is 0 Å². The molecule has 0 unspecified atom stereocenters. The van der Waals surface area contributed by atoms with Crippen molar-refractivity contribution in [2.45, 2.75) is 39.5 Å². The molecule has 0 atom stereocenters. The molecule has 0 saturated heterocycles. The first-order valence-corrected chi connectivity index (χ1v) is 12.6. The fourth-order valence-electron chi connectivity index (χ4n) is 4.79. The second-order valence-electron chi connectivity index (χ2n) is 9.88. The van der Waals surface area contributed by atoms with Crippen LogP contribution in [-0.4, -0.2) is 14.7 Å². The molecule has 0 bridgehead atoms. The normalized spacial score (nSPS) is 11.4. The molecule has 0 saturated carbocycles. The van der Waals surface area contributed by atoms with E-state index in [-0.39, 0.29) is 5.75 Å². The number of imidazole rings is 1. The summed E-state index contributed by atoms with van der Waals surface area (Å²) in [5.74, 6) is 1.55. The summed E-state index contributed by atoms with van der Waals surface area (Å²) in [6.07, 6.45) is 2.12. The van der Waals surface area contributed by atoms with Crippen LogP contribution < -0.4 is 0 Å². The fraction of sp³-hybridized carbons (Fsp3) is 0.182. The minimum absolute atomic E-state index is 0.224. The molecule has 5 rings (SSSR count). The second kappa shape index (κ2) is 9.87. The third-order valence-electron chi connectivity index (χ3n) is 6.68. The van der Waals surface area contributed by atoms with Crippen molar-refractivity contribution in [1.82, 2.24) is 9.55 Å². The molecule has 180 valence electrons. The van der Waals surface area contributed by atoms with Gasteiger partial charge in [0.15, 0.2) is 0 Å². The van der Waals surface area contributed by atoms with Crippen molar-refractivity contribution in [3.8, 4) is 45.2 Å². The Labute approximate surface area is 213 Å². The predicted octanol–water partition coefficient (Wildman–Crippen LogP) is 8.83. The number of phenolic OH excluding ortho intramolecular Hbond substituents is 1. The minimum Gasteiger partial charge on any atom is -0.507 e. The van der Waals surface area contributed by atoms with Gasteiger partial charge in [-0.2, -0.15) is 0 Å². The molecular formula is C33H32N2O. The zero-order valence-electron chi connectivity index (χ0n) is 21.3. The first kappa shape index (κ1) is 23.6. The number of aromatic nitrogens is 2. The molecule has 0 amide bonds. The van der Waals surface area contributed by atoms with Gasteiger partial charge in [-0.1, -0.05) is 100 Å². The fourth-order valence-corrected chi connectivity index (χ4v) is 4.79. The molecule has 0 spiro atoms. The lowest BCUT2D eigenvalue weighted by molar-refractivity contribution is 0.477. The SMILES string of the molecule is CC(C)c1cc(-c2ccccc2)cc(C(C)C)c1-n1cc(-c2ccccc2)nc1-c1ccccc1O. The summed E-state index contributed by atoms with van der Waals surface area (Å²) in [7, 11) is 0. The predicted molar refractivity (Wildman–Crippen MR) is 150 cm³/mol. The van der Waals surface area contributed by atoms with E-state index in [9.17, 15) is 5.11 Å². The molecule has 3 nitrogen and oxygen atoms in total. The third-order valence-corrected chi connectivity index (χ3v) is 6.68. The molecule has 4 aromatic carbocycles. The summed E-state index contributed by atoms with van der Waals surface area (Å²) in [5.41, 5.74) is 8.74. The van der Waals surface area contributed by atoms with E-state index in [0.717, 1.165) is 28.3 Å². The number of para-hydroxylation sites is 1. The van der Waals surface area contributed by atoms with E-state index < -0.39 is 0 Å². The van der Waals surface area contributed by atoms with Crippen LogP contribution in [0.3, 0.4) is 0 Å². The Hall–Kier alpha value is -4.11.